The van der Waals surface area contributed by atoms with Crippen molar-refractivity contribution in [3.63, 3.8) is 0 Å². The van der Waals surface area contributed by atoms with Crippen LogP contribution in [0.25, 0.3) is 10.9 Å². The Labute approximate surface area is 196 Å². The minimum Gasteiger partial charge on any atom is -0.358 e. The van der Waals surface area contributed by atoms with E-state index in [0.717, 1.165) is 51.3 Å². The molecule has 0 radical (unpaired) electrons. The number of para-hydroxylation sites is 1. The fourth-order valence-corrected chi connectivity index (χ4v) is 4.66. The smallest absolute Gasteiger partial charge is 0.225 e. The summed E-state index contributed by atoms with van der Waals surface area (Å²) in [5, 5.41) is 8.16. The number of amides is 1. The normalized spacial score (nSPS) is 20.2. The van der Waals surface area contributed by atoms with E-state index in [9.17, 15) is 4.79 Å². The lowest BCUT2D eigenvalue weighted by atomic mass is 9.88. The number of benzene rings is 1. The predicted molar refractivity (Wildman–Crippen MR) is 133 cm³/mol. The number of H-pyrrole nitrogens is 1. The second kappa shape index (κ2) is 11.0. The number of hydrogen-bond donors (Lipinski definition) is 3. The summed E-state index contributed by atoms with van der Waals surface area (Å²) < 4.78 is 0. The van der Waals surface area contributed by atoms with Crippen molar-refractivity contribution in [3.05, 3.63) is 36.0 Å². The summed E-state index contributed by atoms with van der Waals surface area (Å²) in [6, 6.07) is 10.8. The van der Waals surface area contributed by atoms with Crippen molar-refractivity contribution in [1.82, 2.24) is 20.5 Å². The van der Waals surface area contributed by atoms with Crippen LogP contribution in [0.15, 0.2) is 35.3 Å². The van der Waals surface area contributed by atoms with Gasteiger partial charge in [-0.25, -0.2) is 0 Å². The quantitative estimate of drug-likeness (QED) is 0.318. The molecule has 1 aliphatic heterocycles. The minimum absolute atomic E-state index is 0. The van der Waals surface area contributed by atoms with Gasteiger partial charge in [-0.1, -0.05) is 37.5 Å². The highest BCUT2D eigenvalue weighted by Crippen LogP contribution is 2.26. The highest BCUT2D eigenvalue weighted by molar-refractivity contribution is 14.0. The Kier molecular flexibility index (Phi) is 8.41. The van der Waals surface area contributed by atoms with Crippen molar-refractivity contribution in [2.75, 3.05) is 26.7 Å². The van der Waals surface area contributed by atoms with E-state index < -0.39 is 0 Å². The van der Waals surface area contributed by atoms with Gasteiger partial charge in [-0.2, -0.15) is 0 Å². The van der Waals surface area contributed by atoms with E-state index in [0.29, 0.717) is 5.91 Å². The van der Waals surface area contributed by atoms with Crippen LogP contribution in [0.4, 0.5) is 0 Å². The molecular weight excluding hydrogens is 489 g/mol. The van der Waals surface area contributed by atoms with Crippen molar-refractivity contribution in [2.45, 2.75) is 51.0 Å². The molecule has 2 aliphatic rings. The lowest BCUT2D eigenvalue weighted by Gasteiger charge is -2.26. The molecule has 4 rings (SSSR count). The topological polar surface area (TPSA) is 72.5 Å². The summed E-state index contributed by atoms with van der Waals surface area (Å²) in [4.78, 5) is 22.6. The number of fused-ring (bicyclic) bond motifs is 1. The van der Waals surface area contributed by atoms with Crippen LogP contribution in [0.1, 0.15) is 44.2 Å². The molecule has 1 aromatic heterocycles. The molecule has 2 aromatic rings. The first-order valence-corrected chi connectivity index (χ1v) is 11.1. The molecule has 1 saturated heterocycles. The molecule has 2 heterocycles. The third kappa shape index (κ3) is 5.68. The first kappa shape index (κ1) is 22.9. The van der Waals surface area contributed by atoms with Gasteiger partial charge in [0.1, 0.15) is 0 Å². The average Bonchev–Trinajstić information content (AvgIpc) is 3.39. The number of rotatable bonds is 5. The maximum atomic E-state index is 12.8. The van der Waals surface area contributed by atoms with Gasteiger partial charge in [0.05, 0.1) is 0 Å². The first-order chi connectivity index (χ1) is 14.2. The maximum absolute atomic E-state index is 12.8. The summed E-state index contributed by atoms with van der Waals surface area (Å²) in [5.41, 5.74) is 2.40. The van der Waals surface area contributed by atoms with E-state index in [2.05, 4.69) is 55.8 Å². The molecule has 0 bridgehead atoms. The molecule has 3 N–H and O–H groups in total. The van der Waals surface area contributed by atoms with Crippen molar-refractivity contribution < 1.29 is 4.79 Å². The number of nitrogens with zero attached hydrogens (tertiary/aromatic N) is 2. The van der Waals surface area contributed by atoms with Crippen molar-refractivity contribution in [3.8, 4) is 0 Å². The number of carbonyl (C=O) groups excluding carboxylic acids is 1. The molecule has 6 nitrogen and oxygen atoms in total. The zero-order chi connectivity index (χ0) is 20.1. The largest absolute Gasteiger partial charge is 0.358 e. The number of aromatic amines is 1. The second-order valence-corrected chi connectivity index (χ2v) is 8.38. The van der Waals surface area contributed by atoms with E-state index in [1.807, 2.05) is 0 Å². The van der Waals surface area contributed by atoms with Crippen LogP contribution in [0.2, 0.25) is 0 Å². The third-order valence-corrected chi connectivity index (χ3v) is 6.29. The summed E-state index contributed by atoms with van der Waals surface area (Å²) in [6.45, 7) is 2.46. The zero-order valence-electron chi connectivity index (χ0n) is 17.8. The van der Waals surface area contributed by atoms with Gasteiger partial charge in [0.2, 0.25) is 5.91 Å². The van der Waals surface area contributed by atoms with Gasteiger partial charge >= 0.3 is 0 Å². The fraction of sp³-hybridized carbons (Fsp3) is 0.565. The molecule has 1 saturated carbocycles. The van der Waals surface area contributed by atoms with E-state index in [1.165, 1.54) is 35.9 Å². The summed E-state index contributed by atoms with van der Waals surface area (Å²) in [7, 11) is 1.80. The molecule has 0 spiro atoms. The lowest BCUT2D eigenvalue weighted by Crippen LogP contribution is -2.46. The Morgan fingerprint density at radius 2 is 2.00 bits per heavy atom. The number of carbonyl (C=O) groups is 1. The van der Waals surface area contributed by atoms with Gasteiger partial charge in [0.15, 0.2) is 5.96 Å². The lowest BCUT2D eigenvalue weighted by molar-refractivity contribution is -0.135. The van der Waals surface area contributed by atoms with Gasteiger partial charge in [-0.3, -0.25) is 9.79 Å². The number of hydrogen-bond acceptors (Lipinski definition) is 2. The van der Waals surface area contributed by atoms with Crippen LogP contribution in [-0.2, 0) is 11.2 Å². The molecule has 2 fully saturated rings. The zero-order valence-corrected chi connectivity index (χ0v) is 20.2. The molecule has 7 heteroatoms. The molecule has 164 valence electrons. The first-order valence-electron chi connectivity index (χ1n) is 11.1. The van der Waals surface area contributed by atoms with E-state index >= 15 is 0 Å². The van der Waals surface area contributed by atoms with Gasteiger partial charge in [0.25, 0.3) is 0 Å². The molecule has 1 atom stereocenters. The molecule has 1 aliphatic carbocycles. The van der Waals surface area contributed by atoms with Crippen LogP contribution < -0.4 is 10.6 Å². The van der Waals surface area contributed by atoms with Crippen molar-refractivity contribution in [1.29, 1.82) is 0 Å². The van der Waals surface area contributed by atoms with Gasteiger partial charge < -0.3 is 20.5 Å². The standard InChI is InChI=1S/C23H33N5O.HI/c1-24-23(25-13-11-19-15-18-9-5-6-10-21(18)26-19)27-20-12-14-28(16-20)22(29)17-7-3-2-4-8-17;/h5-6,9-10,15,17,20,26H,2-4,7-8,11-14,16H2,1H3,(H2,24,25,27);1H. The summed E-state index contributed by atoms with van der Waals surface area (Å²) in [6.07, 6.45) is 7.74. The minimum atomic E-state index is 0. The monoisotopic (exact) mass is 523 g/mol. The second-order valence-electron chi connectivity index (χ2n) is 8.38. The Hall–Kier alpha value is -1.77. The SMILES string of the molecule is CN=C(NCCc1cc2ccccc2[nH]1)NC1CCN(C(=O)C2CCCCC2)C1.I. The summed E-state index contributed by atoms with van der Waals surface area (Å²) in [5.74, 6) is 1.45. The fourth-order valence-electron chi connectivity index (χ4n) is 4.66. The van der Waals surface area contributed by atoms with Crippen LogP contribution in [-0.4, -0.2) is 54.5 Å². The van der Waals surface area contributed by atoms with E-state index in [4.69, 9.17) is 0 Å². The number of likely N-dealkylation sites (tertiary alicyclic amines) is 1. The predicted octanol–water partition coefficient (Wildman–Crippen LogP) is 3.67. The van der Waals surface area contributed by atoms with Crippen molar-refractivity contribution in [2.24, 2.45) is 10.9 Å². The van der Waals surface area contributed by atoms with E-state index in [-0.39, 0.29) is 35.9 Å². The van der Waals surface area contributed by atoms with Crippen molar-refractivity contribution >= 4 is 46.7 Å². The molecular formula is C23H34IN5O. The highest BCUT2D eigenvalue weighted by Gasteiger charge is 2.31. The Morgan fingerprint density at radius 1 is 1.20 bits per heavy atom. The molecule has 1 unspecified atom stereocenters. The van der Waals surface area contributed by atoms with Gasteiger partial charge in [0, 0.05) is 56.3 Å². The van der Waals surface area contributed by atoms with Crippen LogP contribution in [0, 0.1) is 5.92 Å². The molecule has 30 heavy (non-hydrogen) atoms. The molecule has 1 amide bonds. The number of aliphatic imine (C=N–C) groups is 1. The third-order valence-electron chi connectivity index (χ3n) is 6.29. The summed E-state index contributed by atoms with van der Waals surface area (Å²) >= 11 is 0. The number of aromatic nitrogens is 1. The molecule has 1 aromatic carbocycles. The van der Waals surface area contributed by atoms with Gasteiger partial charge in [-0.15, -0.1) is 24.0 Å². The Balaban J connectivity index is 0.00000256. The number of nitrogens with one attached hydrogen (secondary N) is 3. The number of guanidine groups is 1. The maximum Gasteiger partial charge on any atom is 0.225 e. The number of halogens is 1. The van der Waals surface area contributed by atoms with Crippen LogP contribution in [0.5, 0.6) is 0 Å². The van der Waals surface area contributed by atoms with Crippen LogP contribution >= 0.6 is 24.0 Å². The van der Waals surface area contributed by atoms with E-state index in [1.54, 1.807) is 7.05 Å². The van der Waals surface area contributed by atoms with Gasteiger partial charge in [-0.05, 0) is 36.8 Å². The highest BCUT2D eigenvalue weighted by atomic mass is 127. The van der Waals surface area contributed by atoms with Crippen LogP contribution in [0.3, 0.4) is 0 Å². The average molecular weight is 523 g/mol. The Morgan fingerprint density at radius 3 is 2.77 bits per heavy atom. The Bertz CT molecular complexity index is 825.